The molecular weight excluding hydrogens is 360 g/mol. The van der Waals surface area contributed by atoms with Crippen molar-refractivity contribution in [2.45, 2.75) is 26.1 Å². The van der Waals surface area contributed by atoms with Crippen molar-refractivity contribution < 1.29 is 9.90 Å². The molecule has 0 fully saturated rings. The van der Waals surface area contributed by atoms with Crippen LogP contribution < -0.4 is 5.32 Å². The van der Waals surface area contributed by atoms with Crippen molar-refractivity contribution in [3.63, 3.8) is 0 Å². The minimum absolute atomic E-state index is 0.00693. The van der Waals surface area contributed by atoms with Gasteiger partial charge in [-0.2, -0.15) is 0 Å². The van der Waals surface area contributed by atoms with Gasteiger partial charge in [-0.15, -0.1) is 0 Å². The van der Waals surface area contributed by atoms with Crippen molar-refractivity contribution in [3.05, 3.63) is 107 Å². The molecule has 146 valence electrons. The largest absolute Gasteiger partial charge is 0.481 e. The van der Waals surface area contributed by atoms with Crippen LogP contribution in [0.4, 0.5) is 0 Å². The molecule has 0 saturated heterocycles. The second kappa shape index (κ2) is 8.33. The van der Waals surface area contributed by atoms with Crippen LogP contribution in [0.3, 0.4) is 0 Å². The molecule has 1 unspecified atom stereocenters. The van der Waals surface area contributed by atoms with Gasteiger partial charge in [-0.1, -0.05) is 78.4 Å². The summed E-state index contributed by atoms with van der Waals surface area (Å²) in [6.07, 6.45) is 1.87. The molecule has 2 N–H and O–H groups in total. The number of aromatic nitrogens is 1. The van der Waals surface area contributed by atoms with Crippen molar-refractivity contribution in [3.8, 4) is 0 Å². The Bertz CT molecular complexity index is 1110. The van der Waals surface area contributed by atoms with Gasteiger partial charge in [0.1, 0.15) is 6.17 Å². The lowest BCUT2D eigenvalue weighted by molar-refractivity contribution is -0.136. The Labute approximate surface area is 170 Å². The van der Waals surface area contributed by atoms with E-state index in [1.165, 1.54) is 11.1 Å². The van der Waals surface area contributed by atoms with E-state index in [4.69, 9.17) is 0 Å². The second-order valence-electron chi connectivity index (χ2n) is 7.33. The van der Waals surface area contributed by atoms with Crippen LogP contribution in [0.5, 0.6) is 0 Å². The molecule has 3 aromatic carbocycles. The molecule has 0 aliphatic heterocycles. The number of aryl methyl sites for hydroxylation is 1. The molecule has 0 aliphatic carbocycles. The quantitative estimate of drug-likeness (QED) is 0.476. The van der Waals surface area contributed by atoms with E-state index in [1.807, 2.05) is 48.7 Å². The molecule has 1 atom stereocenters. The van der Waals surface area contributed by atoms with Crippen LogP contribution >= 0.6 is 0 Å². The number of para-hydroxylation sites is 1. The molecule has 4 aromatic rings. The van der Waals surface area contributed by atoms with Gasteiger partial charge in [-0.25, -0.2) is 0 Å². The maximum atomic E-state index is 11.4. The highest BCUT2D eigenvalue weighted by molar-refractivity contribution is 5.87. The van der Waals surface area contributed by atoms with Gasteiger partial charge in [0.2, 0.25) is 0 Å². The average molecular weight is 384 g/mol. The fourth-order valence-electron chi connectivity index (χ4n) is 3.73. The average Bonchev–Trinajstić information content (AvgIpc) is 3.08. The Balaban J connectivity index is 1.75. The fraction of sp³-hybridized carbons (Fsp3) is 0.160. The van der Waals surface area contributed by atoms with Crippen molar-refractivity contribution in [1.29, 1.82) is 0 Å². The van der Waals surface area contributed by atoms with E-state index in [2.05, 4.69) is 53.2 Å². The highest BCUT2D eigenvalue weighted by Gasteiger charge is 2.18. The van der Waals surface area contributed by atoms with Crippen molar-refractivity contribution in [2.24, 2.45) is 0 Å². The highest BCUT2D eigenvalue weighted by atomic mass is 16.4. The number of carboxylic acid groups (broad SMARTS) is 1. The van der Waals surface area contributed by atoms with E-state index in [0.717, 1.165) is 22.0 Å². The first-order chi connectivity index (χ1) is 14.1. The number of nitrogens with zero attached hydrogens (tertiary/aromatic N) is 1. The number of aliphatic carboxylic acids is 1. The van der Waals surface area contributed by atoms with Crippen molar-refractivity contribution in [1.82, 2.24) is 9.88 Å². The number of benzene rings is 3. The number of fused-ring (bicyclic) bond motifs is 1. The molecule has 0 bridgehead atoms. The summed E-state index contributed by atoms with van der Waals surface area (Å²) in [5.74, 6) is -0.822. The summed E-state index contributed by atoms with van der Waals surface area (Å²) in [5.41, 5.74) is 5.42. The molecule has 4 nitrogen and oxygen atoms in total. The smallest absolute Gasteiger partial charge is 0.307 e. The standard InChI is InChI=1S/C25H24N2O2/c1-18-11-13-19(14-12-18)16-26-25(20-7-3-2-4-8-20)27-17-21(15-24(28)29)22-9-5-6-10-23(22)27/h2-14,17,25-26H,15-16H2,1H3,(H,28,29). The van der Waals surface area contributed by atoms with Gasteiger partial charge in [-0.05, 0) is 29.7 Å². The summed E-state index contributed by atoms with van der Waals surface area (Å²) < 4.78 is 2.15. The number of carbonyl (C=O) groups is 1. The predicted molar refractivity (Wildman–Crippen MR) is 116 cm³/mol. The summed E-state index contributed by atoms with van der Waals surface area (Å²) >= 11 is 0. The Hall–Kier alpha value is -3.37. The topological polar surface area (TPSA) is 54.3 Å². The third-order valence-corrected chi connectivity index (χ3v) is 5.18. The van der Waals surface area contributed by atoms with Crippen LogP contribution in [0.2, 0.25) is 0 Å². The number of rotatable bonds is 7. The summed E-state index contributed by atoms with van der Waals surface area (Å²) in [6, 6.07) is 26.7. The number of hydrogen-bond donors (Lipinski definition) is 2. The first-order valence-electron chi connectivity index (χ1n) is 9.76. The third kappa shape index (κ3) is 4.23. The SMILES string of the molecule is Cc1ccc(CNC(c2ccccc2)n2cc(CC(=O)O)c3ccccc32)cc1. The van der Waals surface area contributed by atoms with Gasteiger partial charge in [0.25, 0.3) is 0 Å². The van der Waals surface area contributed by atoms with Crippen LogP contribution in [0.15, 0.2) is 85.1 Å². The summed E-state index contributed by atoms with van der Waals surface area (Å²) in [4.78, 5) is 11.4. The van der Waals surface area contributed by atoms with E-state index in [0.29, 0.717) is 6.54 Å². The molecule has 0 aliphatic rings. The summed E-state index contributed by atoms with van der Waals surface area (Å²) in [5, 5.41) is 14.0. The van der Waals surface area contributed by atoms with E-state index < -0.39 is 5.97 Å². The summed E-state index contributed by atoms with van der Waals surface area (Å²) in [7, 11) is 0. The zero-order valence-corrected chi connectivity index (χ0v) is 16.4. The molecule has 0 radical (unpaired) electrons. The molecule has 1 aromatic heterocycles. The van der Waals surface area contributed by atoms with E-state index in [-0.39, 0.29) is 12.6 Å². The highest BCUT2D eigenvalue weighted by Crippen LogP contribution is 2.28. The van der Waals surface area contributed by atoms with Crippen LogP contribution in [0.1, 0.15) is 28.4 Å². The molecule has 4 heteroatoms. The van der Waals surface area contributed by atoms with Crippen LogP contribution in [-0.2, 0) is 17.8 Å². The Morgan fingerprint density at radius 2 is 1.66 bits per heavy atom. The van der Waals surface area contributed by atoms with Gasteiger partial charge in [0.05, 0.1) is 6.42 Å². The third-order valence-electron chi connectivity index (χ3n) is 5.18. The summed E-state index contributed by atoms with van der Waals surface area (Å²) in [6.45, 7) is 2.79. The minimum Gasteiger partial charge on any atom is -0.481 e. The molecule has 29 heavy (non-hydrogen) atoms. The van der Waals surface area contributed by atoms with E-state index in [1.54, 1.807) is 0 Å². The number of carboxylic acids is 1. The zero-order chi connectivity index (χ0) is 20.2. The lowest BCUT2D eigenvalue weighted by Gasteiger charge is -2.22. The molecular formula is C25H24N2O2. The maximum absolute atomic E-state index is 11.4. The van der Waals surface area contributed by atoms with Crippen LogP contribution in [0, 0.1) is 6.92 Å². The first kappa shape index (κ1) is 19.0. The lowest BCUT2D eigenvalue weighted by atomic mass is 10.1. The second-order valence-corrected chi connectivity index (χ2v) is 7.33. The Kier molecular flexibility index (Phi) is 5.45. The number of hydrogen-bond acceptors (Lipinski definition) is 2. The first-order valence-corrected chi connectivity index (χ1v) is 9.76. The van der Waals surface area contributed by atoms with Gasteiger partial charge < -0.3 is 9.67 Å². The van der Waals surface area contributed by atoms with Crippen molar-refractivity contribution >= 4 is 16.9 Å². The Morgan fingerprint density at radius 1 is 0.966 bits per heavy atom. The normalized spacial score (nSPS) is 12.2. The van der Waals surface area contributed by atoms with Gasteiger partial charge in [-0.3, -0.25) is 10.1 Å². The molecule has 4 rings (SSSR count). The fourth-order valence-corrected chi connectivity index (χ4v) is 3.73. The number of nitrogens with one attached hydrogen (secondary N) is 1. The zero-order valence-electron chi connectivity index (χ0n) is 16.4. The maximum Gasteiger partial charge on any atom is 0.307 e. The predicted octanol–water partition coefficient (Wildman–Crippen LogP) is 4.91. The van der Waals surface area contributed by atoms with Gasteiger partial charge in [0, 0.05) is 23.6 Å². The van der Waals surface area contributed by atoms with Gasteiger partial charge in [0.15, 0.2) is 0 Å². The van der Waals surface area contributed by atoms with E-state index in [9.17, 15) is 9.90 Å². The molecule has 0 saturated carbocycles. The van der Waals surface area contributed by atoms with Crippen LogP contribution in [0.25, 0.3) is 10.9 Å². The Morgan fingerprint density at radius 3 is 2.38 bits per heavy atom. The molecule has 0 spiro atoms. The lowest BCUT2D eigenvalue weighted by Crippen LogP contribution is -2.27. The minimum atomic E-state index is -0.822. The molecule has 1 heterocycles. The van der Waals surface area contributed by atoms with Gasteiger partial charge >= 0.3 is 5.97 Å². The monoisotopic (exact) mass is 384 g/mol. The van der Waals surface area contributed by atoms with Crippen LogP contribution in [-0.4, -0.2) is 15.6 Å². The molecule has 0 amide bonds. The van der Waals surface area contributed by atoms with Crippen molar-refractivity contribution in [2.75, 3.05) is 0 Å². The van der Waals surface area contributed by atoms with E-state index >= 15 is 0 Å².